The second-order valence-electron chi connectivity index (χ2n) is 3.97. The van der Waals surface area contributed by atoms with Crippen LogP contribution in [0.15, 0.2) is 24.3 Å². The van der Waals surface area contributed by atoms with E-state index in [1.165, 1.54) is 22.2 Å². The highest BCUT2D eigenvalue weighted by molar-refractivity contribution is 5.84. The molecule has 2 rings (SSSR count). The van der Waals surface area contributed by atoms with Crippen molar-refractivity contribution < 1.29 is 0 Å². The minimum absolute atomic E-state index is 0.0444. The van der Waals surface area contributed by atoms with E-state index in [4.69, 9.17) is 11.5 Å². The van der Waals surface area contributed by atoms with Crippen LogP contribution in [-0.2, 0) is 6.42 Å². The molecule has 15 heavy (non-hydrogen) atoms. The molecule has 1 aromatic carbocycles. The molecule has 3 nitrogen and oxygen atoms in total. The first-order valence-corrected chi connectivity index (χ1v) is 5.24. The third-order valence-corrected chi connectivity index (χ3v) is 2.80. The minimum atomic E-state index is 0.0444. The van der Waals surface area contributed by atoms with Crippen molar-refractivity contribution in [1.82, 2.24) is 4.98 Å². The van der Waals surface area contributed by atoms with Gasteiger partial charge < -0.3 is 16.5 Å². The molecule has 2 aromatic rings. The predicted molar refractivity (Wildman–Crippen MR) is 63.8 cm³/mol. The fourth-order valence-corrected chi connectivity index (χ4v) is 1.94. The highest BCUT2D eigenvalue weighted by Gasteiger charge is 2.10. The van der Waals surface area contributed by atoms with Crippen LogP contribution in [-0.4, -0.2) is 17.6 Å². The molecule has 1 aromatic heterocycles. The second-order valence-corrected chi connectivity index (χ2v) is 3.97. The van der Waals surface area contributed by atoms with E-state index in [1.807, 2.05) is 12.1 Å². The summed E-state index contributed by atoms with van der Waals surface area (Å²) < 4.78 is 0. The van der Waals surface area contributed by atoms with Crippen LogP contribution in [0, 0.1) is 6.92 Å². The molecule has 1 heterocycles. The molecule has 0 saturated carbocycles. The Kier molecular flexibility index (Phi) is 2.75. The standard InChI is InChI=1S/C12H17N3/c1-8-11(6-9(14)7-13)10-4-2-3-5-12(10)15-8/h2-5,9,15H,6-7,13-14H2,1H3. The molecule has 0 saturated heterocycles. The summed E-state index contributed by atoms with van der Waals surface area (Å²) in [5, 5.41) is 1.26. The summed E-state index contributed by atoms with van der Waals surface area (Å²) >= 11 is 0. The largest absolute Gasteiger partial charge is 0.358 e. The van der Waals surface area contributed by atoms with Gasteiger partial charge in [0.05, 0.1) is 0 Å². The average Bonchev–Trinajstić information content (AvgIpc) is 2.55. The van der Waals surface area contributed by atoms with Crippen molar-refractivity contribution in [3.05, 3.63) is 35.5 Å². The Morgan fingerprint density at radius 1 is 1.33 bits per heavy atom. The van der Waals surface area contributed by atoms with Crippen molar-refractivity contribution in [3.8, 4) is 0 Å². The van der Waals surface area contributed by atoms with Crippen LogP contribution in [0.3, 0.4) is 0 Å². The summed E-state index contributed by atoms with van der Waals surface area (Å²) in [6.07, 6.45) is 0.840. The summed E-state index contributed by atoms with van der Waals surface area (Å²) in [5.74, 6) is 0. The lowest BCUT2D eigenvalue weighted by Crippen LogP contribution is -2.31. The molecule has 0 bridgehead atoms. The Hall–Kier alpha value is -1.32. The molecule has 1 unspecified atom stereocenters. The molecule has 0 spiro atoms. The highest BCUT2D eigenvalue weighted by Crippen LogP contribution is 2.22. The van der Waals surface area contributed by atoms with Gasteiger partial charge in [-0.15, -0.1) is 0 Å². The lowest BCUT2D eigenvalue weighted by molar-refractivity contribution is 0.679. The molecule has 80 valence electrons. The number of aromatic nitrogens is 1. The van der Waals surface area contributed by atoms with Crippen molar-refractivity contribution in [2.24, 2.45) is 11.5 Å². The monoisotopic (exact) mass is 203 g/mol. The van der Waals surface area contributed by atoms with Gasteiger partial charge in [-0.3, -0.25) is 0 Å². The molecule has 1 atom stereocenters. The quantitative estimate of drug-likeness (QED) is 0.704. The zero-order valence-corrected chi connectivity index (χ0v) is 8.96. The van der Waals surface area contributed by atoms with E-state index in [1.54, 1.807) is 0 Å². The van der Waals surface area contributed by atoms with Gasteiger partial charge in [0.2, 0.25) is 0 Å². The maximum Gasteiger partial charge on any atom is 0.0458 e. The third kappa shape index (κ3) is 1.89. The lowest BCUT2D eigenvalue weighted by atomic mass is 10.0. The molecular weight excluding hydrogens is 186 g/mol. The molecular formula is C12H17N3. The Balaban J connectivity index is 2.45. The molecule has 0 aliphatic rings. The molecule has 0 amide bonds. The first-order valence-electron chi connectivity index (χ1n) is 5.24. The van der Waals surface area contributed by atoms with Crippen LogP contribution in [0.4, 0.5) is 0 Å². The van der Waals surface area contributed by atoms with Crippen LogP contribution < -0.4 is 11.5 Å². The summed E-state index contributed by atoms with van der Waals surface area (Å²) in [4.78, 5) is 3.36. The maximum atomic E-state index is 5.89. The minimum Gasteiger partial charge on any atom is -0.358 e. The third-order valence-electron chi connectivity index (χ3n) is 2.80. The highest BCUT2D eigenvalue weighted by atomic mass is 14.7. The van der Waals surface area contributed by atoms with E-state index < -0.39 is 0 Å². The SMILES string of the molecule is Cc1[nH]c2ccccc2c1CC(N)CN. The van der Waals surface area contributed by atoms with Gasteiger partial charge in [-0.25, -0.2) is 0 Å². The summed E-state index contributed by atoms with van der Waals surface area (Å²) in [6.45, 7) is 2.61. The fourth-order valence-electron chi connectivity index (χ4n) is 1.94. The molecule has 0 radical (unpaired) electrons. The van der Waals surface area contributed by atoms with Crippen LogP contribution >= 0.6 is 0 Å². The van der Waals surface area contributed by atoms with Gasteiger partial charge in [0.1, 0.15) is 0 Å². The first kappa shape index (κ1) is 10.2. The normalized spacial score (nSPS) is 13.3. The lowest BCUT2D eigenvalue weighted by Gasteiger charge is -2.08. The van der Waals surface area contributed by atoms with Crippen LogP contribution in [0.2, 0.25) is 0 Å². The van der Waals surface area contributed by atoms with Crippen molar-refractivity contribution in [3.63, 3.8) is 0 Å². The Morgan fingerprint density at radius 3 is 2.80 bits per heavy atom. The van der Waals surface area contributed by atoms with E-state index in [-0.39, 0.29) is 6.04 Å². The average molecular weight is 203 g/mol. The second kappa shape index (κ2) is 4.04. The van der Waals surface area contributed by atoms with Gasteiger partial charge in [0.15, 0.2) is 0 Å². The number of hydrogen-bond acceptors (Lipinski definition) is 2. The number of para-hydroxylation sites is 1. The number of aromatic amines is 1. The van der Waals surface area contributed by atoms with Gasteiger partial charge in [-0.1, -0.05) is 18.2 Å². The number of benzene rings is 1. The number of fused-ring (bicyclic) bond motifs is 1. The number of hydrogen-bond donors (Lipinski definition) is 3. The van der Waals surface area contributed by atoms with Gasteiger partial charge in [0, 0.05) is 29.2 Å². The smallest absolute Gasteiger partial charge is 0.0458 e. The molecule has 0 aliphatic carbocycles. The predicted octanol–water partition coefficient (Wildman–Crippen LogP) is 1.30. The molecule has 0 fully saturated rings. The van der Waals surface area contributed by atoms with Crippen LogP contribution in [0.5, 0.6) is 0 Å². The maximum absolute atomic E-state index is 5.89. The Morgan fingerprint density at radius 2 is 2.07 bits per heavy atom. The number of nitrogens with two attached hydrogens (primary N) is 2. The van der Waals surface area contributed by atoms with Gasteiger partial charge in [-0.05, 0) is 25.0 Å². The Labute approximate surface area is 89.5 Å². The van der Waals surface area contributed by atoms with Gasteiger partial charge >= 0.3 is 0 Å². The molecule has 0 aliphatic heterocycles. The van der Waals surface area contributed by atoms with Crippen LogP contribution in [0.25, 0.3) is 10.9 Å². The van der Waals surface area contributed by atoms with Crippen molar-refractivity contribution >= 4 is 10.9 Å². The van der Waals surface area contributed by atoms with E-state index in [2.05, 4.69) is 24.0 Å². The number of nitrogens with one attached hydrogen (secondary N) is 1. The number of rotatable bonds is 3. The van der Waals surface area contributed by atoms with E-state index >= 15 is 0 Å². The van der Waals surface area contributed by atoms with E-state index in [0.717, 1.165) is 6.42 Å². The molecule has 5 N–H and O–H groups in total. The van der Waals surface area contributed by atoms with Crippen molar-refractivity contribution in [2.75, 3.05) is 6.54 Å². The van der Waals surface area contributed by atoms with Crippen molar-refractivity contribution in [2.45, 2.75) is 19.4 Å². The van der Waals surface area contributed by atoms with E-state index in [9.17, 15) is 0 Å². The molecule has 3 heteroatoms. The topological polar surface area (TPSA) is 67.8 Å². The number of H-pyrrole nitrogens is 1. The first-order chi connectivity index (χ1) is 7.22. The van der Waals surface area contributed by atoms with Crippen molar-refractivity contribution in [1.29, 1.82) is 0 Å². The number of aryl methyl sites for hydroxylation is 1. The summed E-state index contributed by atoms with van der Waals surface area (Å²) in [7, 11) is 0. The summed E-state index contributed by atoms with van der Waals surface area (Å²) in [6, 6.07) is 8.33. The van der Waals surface area contributed by atoms with Gasteiger partial charge in [-0.2, -0.15) is 0 Å². The zero-order valence-electron chi connectivity index (χ0n) is 8.96. The van der Waals surface area contributed by atoms with E-state index in [0.29, 0.717) is 6.54 Å². The zero-order chi connectivity index (χ0) is 10.8. The van der Waals surface area contributed by atoms with Gasteiger partial charge in [0.25, 0.3) is 0 Å². The Bertz CT molecular complexity index is 459. The van der Waals surface area contributed by atoms with Crippen LogP contribution in [0.1, 0.15) is 11.3 Å². The summed E-state index contributed by atoms with van der Waals surface area (Å²) in [5.41, 5.74) is 15.1. The fraction of sp³-hybridized carbons (Fsp3) is 0.333.